The van der Waals surface area contributed by atoms with Gasteiger partial charge in [0, 0.05) is 18.2 Å². The molecular weight excluding hydrogens is 464 g/mol. The lowest BCUT2D eigenvalue weighted by atomic mass is 10.0. The van der Waals surface area contributed by atoms with Crippen molar-refractivity contribution in [2.75, 3.05) is 18.1 Å². The van der Waals surface area contributed by atoms with Crippen molar-refractivity contribution in [2.45, 2.75) is 32.7 Å². The van der Waals surface area contributed by atoms with Crippen LogP contribution in [-0.2, 0) is 4.79 Å². The molecule has 0 spiro atoms. The first kappa shape index (κ1) is 24.9. The Morgan fingerprint density at radius 3 is 2.42 bits per heavy atom. The Labute approximate surface area is 208 Å². The van der Waals surface area contributed by atoms with Gasteiger partial charge in [0.15, 0.2) is 0 Å². The maximum atomic E-state index is 14.6. The van der Waals surface area contributed by atoms with E-state index in [0.29, 0.717) is 17.7 Å². The monoisotopic (exact) mass is 489 g/mol. The quantitative estimate of drug-likeness (QED) is 0.216. The lowest BCUT2D eigenvalue weighted by Gasteiger charge is -2.27. The van der Waals surface area contributed by atoms with E-state index in [-0.39, 0.29) is 30.1 Å². The second kappa shape index (κ2) is 9.78. The third-order valence-electron chi connectivity index (χ3n) is 6.34. The zero-order valence-electron chi connectivity index (χ0n) is 20.2. The van der Waals surface area contributed by atoms with Gasteiger partial charge in [-0.05, 0) is 56.5 Å². The minimum absolute atomic E-state index is 0.0622. The molecule has 0 bridgehead atoms. The van der Waals surface area contributed by atoms with Crippen LogP contribution in [0, 0.1) is 25.1 Å². The lowest BCUT2D eigenvalue weighted by molar-refractivity contribution is -0.123. The van der Waals surface area contributed by atoms with E-state index in [1.54, 1.807) is 26.0 Å². The van der Waals surface area contributed by atoms with Crippen molar-refractivity contribution in [1.29, 1.82) is 0 Å². The standard InChI is InChI=1S/C28H25F2N3O3/c1-18-24(14-13-23(31-4)25(18)30)33-26(34)28(2,3)32(27(33)35)15-8-16-36-20-11-12-21(22(29)17-20)19-9-6-5-7-10-19/h5-7,9-14,17H,8,15-16H2,1-3H3. The number of nitrogens with zero attached hydrogens (tertiary/aromatic N) is 3. The summed E-state index contributed by atoms with van der Waals surface area (Å²) in [7, 11) is 0. The van der Waals surface area contributed by atoms with Gasteiger partial charge in [0.1, 0.15) is 22.9 Å². The smallest absolute Gasteiger partial charge is 0.332 e. The van der Waals surface area contributed by atoms with Crippen molar-refractivity contribution in [3.8, 4) is 16.9 Å². The number of amides is 3. The average Bonchev–Trinajstić information content (AvgIpc) is 3.03. The predicted octanol–water partition coefficient (Wildman–Crippen LogP) is 6.51. The molecule has 0 aliphatic carbocycles. The number of imide groups is 1. The van der Waals surface area contributed by atoms with Crippen LogP contribution in [0.4, 0.5) is 25.0 Å². The molecular formula is C28H25F2N3O3. The van der Waals surface area contributed by atoms with Gasteiger partial charge in [-0.25, -0.2) is 23.3 Å². The van der Waals surface area contributed by atoms with Crippen LogP contribution < -0.4 is 9.64 Å². The summed E-state index contributed by atoms with van der Waals surface area (Å²) in [5.74, 6) is -1.27. The van der Waals surface area contributed by atoms with E-state index in [0.717, 1.165) is 10.5 Å². The van der Waals surface area contributed by atoms with Crippen LogP contribution in [0.1, 0.15) is 25.8 Å². The van der Waals surface area contributed by atoms with E-state index in [2.05, 4.69) is 4.85 Å². The highest BCUT2D eigenvalue weighted by Crippen LogP contribution is 2.36. The van der Waals surface area contributed by atoms with Crippen LogP contribution in [0.5, 0.6) is 5.75 Å². The van der Waals surface area contributed by atoms with Gasteiger partial charge in [0.2, 0.25) is 5.69 Å². The van der Waals surface area contributed by atoms with Crippen molar-refractivity contribution in [3.63, 3.8) is 0 Å². The number of benzene rings is 3. The van der Waals surface area contributed by atoms with Crippen molar-refractivity contribution >= 4 is 23.3 Å². The number of ether oxygens (including phenoxy) is 1. The van der Waals surface area contributed by atoms with Crippen molar-refractivity contribution in [1.82, 2.24) is 4.90 Å². The molecule has 6 nitrogen and oxygen atoms in total. The molecule has 1 fully saturated rings. The van der Waals surface area contributed by atoms with Crippen LogP contribution in [-0.4, -0.2) is 35.5 Å². The minimum atomic E-state index is -1.15. The van der Waals surface area contributed by atoms with Gasteiger partial charge in [0.25, 0.3) is 5.91 Å². The molecule has 1 aliphatic rings. The molecule has 3 aromatic rings. The Morgan fingerprint density at radius 1 is 1.03 bits per heavy atom. The highest BCUT2D eigenvalue weighted by atomic mass is 19.1. The molecule has 36 heavy (non-hydrogen) atoms. The Bertz CT molecular complexity index is 1370. The Hall–Kier alpha value is -4.25. The van der Waals surface area contributed by atoms with Gasteiger partial charge in [0.05, 0.1) is 18.9 Å². The molecule has 0 aromatic heterocycles. The zero-order valence-corrected chi connectivity index (χ0v) is 20.2. The zero-order chi connectivity index (χ0) is 26.0. The topological polar surface area (TPSA) is 54.2 Å². The number of carbonyl (C=O) groups excluding carboxylic acids is 2. The first-order chi connectivity index (χ1) is 17.2. The molecule has 0 N–H and O–H groups in total. The third kappa shape index (κ3) is 4.40. The predicted molar refractivity (Wildman–Crippen MR) is 133 cm³/mol. The number of anilines is 1. The normalized spacial score (nSPS) is 14.8. The van der Waals surface area contributed by atoms with Crippen LogP contribution in [0.3, 0.4) is 0 Å². The number of halogens is 2. The summed E-state index contributed by atoms with van der Waals surface area (Å²) in [6.07, 6.45) is 0.391. The van der Waals surface area contributed by atoms with E-state index in [9.17, 15) is 18.4 Å². The third-order valence-corrected chi connectivity index (χ3v) is 6.34. The number of hydrogen-bond acceptors (Lipinski definition) is 3. The van der Waals surface area contributed by atoms with E-state index >= 15 is 0 Å². The maximum absolute atomic E-state index is 14.6. The molecule has 0 unspecified atom stereocenters. The molecule has 1 saturated heterocycles. The van der Waals surface area contributed by atoms with E-state index in [1.165, 1.54) is 30.0 Å². The first-order valence-corrected chi connectivity index (χ1v) is 11.5. The number of hydrogen-bond donors (Lipinski definition) is 0. The van der Waals surface area contributed by atoms with Gasteiger partial charge in [-0.3, -0.25) is 4.79 Å². The summed E-state index contributed by atoms with van der Waals surface area (Å²) < 4.78 is 34.8. The summed E-state index contributed by atoms with van der Waals surface area (Å²) in [6.45, 7) is 12.2. The molecule has 8 heteroatoms. The fourth-order valence-electron chi connectivity index (χ4n) is 4.26. The van der Waals surface area contributed by atoms with Gasteiger partial charge >= 0.3 is 6.03 Å². The summed E-state index contributed by atoms with van der Waals surface area (Å²) >= 11 is 0. The molecule has 3 amide bonds. The molecule has 3 aromatic carbocycles. The second-order valence-electron chi connectivity index (χ2n) is 9.00. The number of carbonyl (C=O) groups is 2. The second-order valence-corrected chi connectivity index (χ2v) is 9.00. The van der Waals surface area contributed by atoms with Crippen molar-refractivity contribution < 1.29 is 23.1 Å². The molecule has 4 rings (SSSR count). The highest BCUT2D eigenvalue weighted by Gasteiger charge is 2.52. The van der Waals surface area contributed by atoms with Crippen LogP contribution in [0.2, 0.25) is 0 Å². The van der Waals surface area contributed by atoms with Gasteiger partial charge in [-0.1, -0.05) is 36.4 Å². The summed E-state index contributed by atoms with van der Waals surface area (Å²) in [5, 5.41) is 0. The molecule has 0 atom stereocenters. The summed E-state index contributed by atoms with van der Waals surface area (Å²) in [6, 6.07) is 16.0. The van der Waals surface area contributed by atoms with Gasteiger partial charge in [-0.15, -0.1) is 0 Å². The Kier molecular flexibility index (Phi) is 6.75. The average molecular weight is 490 g/mol. The SMILES string of the molecule is [C-]#[N+]c1ccc(N2C(=O)N(CCCOc3ccc(-c4ccccc4)c(F)c3)C(C)(C)C2=O)c(C)c1F. The van der Waals surface area contributed by atoms with E-state index in [4.69, 9.17) is 11.3 Å². The fraction of sp³-hybridized carbons (Fsp3) is 0.250. The molecule has 1 heterocycles. The largest absolute Gasteiger partial charge is 0.493 e. The van der Waals surface area contributed by atoms with Gasteiger partial charge < -0.3 is 9.64 Å². The Balaban J connectivity index is 1.42. The molecule has 0 saturated carbocycles. The summed E-state index contributed by atoms with van der Waals surface area (Å²) in [5.41, 5.74) is 0.105. The van der Waals surface area contributed by atoms with Crippen molar-refractivity contribution in [2.24, 2.45) is 0 Å². The molecule has 1 aliphatic heterocycles. The lowest BCUT2D eigenvalue weighted by Crippen LogP contribution is -2.44. The minimum Gasteiger partial charge on any atom is -0.493 e. The Morgan fingerprint density at radius 2 is 1.75 bits per heavy atom. The van der Waals surface area contributed by atoms with Crippen LogP contribution in [0.15, 0.2) is 60.7 Å². The first-order valence-electron chi connectivity index (χ1n) is 11.5. The number of rotatable bonds is 7. The van der Waals surface area contributed by atoms with Gasteiger partial charge in [-0.2, -0.15) is 0 Å². The molecule has 0 radical (unpaired) electrons. The maximum Gasteiger partial charge on any atom is 0.332 e. The number of urea groups is 1. The summed E-state index contributed by atoms with van der Waals surface area (Å²) in [4.78, 5) is 31.8. The van der Waals surface area contributed by atoms with Crippen molar-refractivity contribution in [3.05, 3.63) is 89.3 Å². The van der Waals surface area contributed by atoms with Crippen LogP contribution >= 0.6 is 0 Å². The van der Waals surface area contributed by atoms with Crippen LogP contribution in [0.25, 0.3) is 16.0 Å². The highest BCUT2D eigenvalue weighted by molar-refractivity contribution is 6.23. The fourth-order valence-corrected chi connectivity index (χ4v) is 4.26. The van der Waals surface area contributed by atoms with E-state index in [1.807, 2.05) is 30.3 Å². The van der Waals surface area contributed by atoms with E-state index < -0.39 is 29.1 Å². The molecule has 184 valence electrons.